The zero-order chi connectivity index (χ0) is 14.9. The molecule has 0 spiro atoms. The minimum atomic E-state index is -1.66. The number of β-amino-alcohol motifs (C(OH)–C–C–N with tert-alkyl or cyclic N) is 1. The van der Waals surface area contributed by atoms with Crippen LogP contribution in [-0.4, -0.2) is 40.5 Å². The minimum absolute atomic E-state index is 0.110. The van der Waals surface area contributed by atoms with E-state index in [0.29, 0.717) is 23.6 Å². The van der Waals surface area contributed by atoms with E-state index in [0.717, 1.165) is 0 Å². The number of rotatable bonds is 2. The lowest BCUT2D eigenvalue weighted by molar-refractivity contribution is -0.140. The third kappa shape index (κ3) is 2.90. The molecule has 1 fully saturated rings. The molecule has 20 heavy (non-hydrogen) atoms. The predicted molar refractivity (Wildman–Crippen MR) is 75.7 cm³/mol. The van der Waals surface area contributed by atoms with Crippen molar-refractivity contribution in [2.75, 3.05) is 13.1 Å². The van der Waals surface area contributed by atoms with Gasteiger partial charge in [0.25, 0.3) is 11.8 Å². The Labute approximate surface area is 126 Å². The Morgan fingerprint density at radius 1 is 1.30 bits per heavy atom. The normalized spacial score (nSPS) is 22.6. The highest BCUT2D eigenvalue weighted by Crippen LogP contribution is 2.26. The highest BCUT2D eigenvalue weighted by atomic mass is 35.5. The highest BCUT2D eigenvalue weighted by Gasteiger charge is 2.40. The number of benzene rings is 1. The Kier molecular flexibility index (Phi) is 4.22. The van der Waals surface area contributed by atoms with Gasteiger partial charge in [0, 0.05) is 12.1 Å². The van der Waals surface area contributed by atoms with Gasteiger partial charge >= 0.3 is 0 Å². The van der Waals surface area contributed by atoms with E-state index in [-0.39, 0.29) is 23.9 Å². The summed E-state index contributed by atoms with van der Waals surface area (Å²) in [5.74, 6) is -1.13. The Morgan fingerprint density at radius 2 is 2.00 bits per heavy atom. The maximum absolute atomic E-state index is 12.3. The smallest absolute Gasteiger partial charge is 0.254 e. The molecule has 7 heteroatoms. The first kappa shape index (κ1) is 15.1. The summed E-state index contributed by atoms with van der Waals surface area (Å²) in [6, 6.07) is 4.54. The van der Waals surface area contributed by atoms with Crippen molar-refractivity contribution in [3.63, 3.8) is 0 Å². The standard InChI is InChI=1S/C13H14Cl2N2O3/c14-9-3-2-8(6-10(9)15)11(18)17-5-1-4-13(20,7-17)12(16)19/h2-3,6,20H,1,4-5,7H2,(H2,16,19)/t13-/m1/s1. The number of primary amides is 1. The number of piperidine rings is 1. The minimum Gasteiger partial charge on any atom is -0.378 e. The fraction of sp³-hybridized carbons (Fsp3) is 0.385. The van der Waals surface area contributed by atoms with Crippen LogP contribution in [0.25, 0.3) is 0 Å². The van der Waals surface area contributed by atoms with E-state index < -0.39 is 11.5 Å². The molecule has 0 aromatic heterocycles. The summed E-state index contributed by atoms with van der Waals surface area (Å²) in [5.41, 5.74) is 3.87. The maximum atomic E-state index is 12.3. The molecule has 5 nitrogen and oxygen atoms in total. The van der Waals surface area contributed by atoms with E-state index in [9.17, 15) is 14.7 Å². The van der Waals surface area contributed by atoms with Crippen LogP contribution in [0.1, 0.15) is 23.2 Å². The summed E-state index contributed by atoms with van der Waals surface area (Å²) in [5, 5.41) is 10.7. The van der Waals surface area contributed by atoms with Crippen LogP contribution in [0, 0.1) is 0 Å². The van der Waals surface area contributed by atoms with Crippen LogP contribution in [-0.2, 0) is 4.79 Å². The average Bonchev–Trinajstić information content (AvgIpc) is 2.41. The van der Waals surface area contributed by atoms with Crippen LogP contribution in [0.4, 0.5) is 0 Å². The fourth-order valence-corrected chi connectivity index (χ4v) is 2.52. The van der Waals surface area contributed by atoms with Gasteiger partial charge in [0.2, 0.25) is 0 Å². The molecule has 0 unspecified atom stereocenters. The molecule has 1 aromatic carbocycles. The van der Waals surface area contributed by atoms with Crippen molar-refractivity contribution in [3.8, 4) is 0 Å². The number of hydrogen-bond donors (Lipinski definition) is 2. The van der Waals surface area contributed by atoms with Crippen LogP contribution in [0.2, 0.25) is 10.0 Å². The molecule has 1 saturated heterocycles. The van der Waals surface area contributed by atoms with Crippen molar-refractivity contribution >= 4 is 35.0 Å². The highest BCUT2D eigenvalue weighted by molar-refractivity contribution is 6.42. The number of halogens is 2. The first-order chi connectivity index (χ1) is 9.33. The van der Waals surface area contributed by atoms with Crippen molar-refractivity contribution in [1.29, 1.82) is 0 Å². The Bertz CT molecular complexity index is 565. The van der Waals surface area contributed by atoms with Crippen LogP contribution in [0.5, 0.6) is 0 Å². The predicted octanol–water partition coefficient (Wildman–Crippen LogP) is 1.45. The number of hydrogen-bond acceptors (Lipinski definition) is 3. The molecule has 0 saturated carbocycles. The zero-order valence-electron chi connectivity index (χ0n) is 10.6. The van der Waals surface area contributed by atoms with Crippen LogP contribution < -0.4 is 5.73 Å². The second kappa shape index (κ2) is 5.60. The van der Waals surface area contributed by atoms with E-state index >= 15 is 0 Å². The van der Waals surface area contributed by atoms with Gasteiger partial charge < -0.3 is 15.7 Å². The quantitative estimate of drug-likeness (QED) is 0.866. The average molecular weight is 317 g/mol. The van der Waals surface area contributed by atoms with Gasteiger partial charge in [-0.1, -0.05) is 23.2 Å². The Balaban J connectivity index is 2.20. The summed E-state index contributed by atoms with van der Waals surface area (Å²) < 4.78 is 0. The third-order valence-electron chi connectivity index (χ3n) is 3.38. The second-order valence-electron chi connectivity index (χ2n) is 4.85. The number of likely N-dealkylation sites (tertiary alicyclic amines) is 1. The molecular weight excluding hydrogens is 303 g/mol. The largest absolute Gasteiger partial charge is 0.378 e. The molecule has 0 aliphatic carbocycles. The van der Waals surface area contributed by atoms with Gasteiger partial charge in [-0.05, 0) is 31.0 Å². The number of nitrogens with two attached hydrogens (primary N) is 1. The molecule has 1 aliphatic rings. The van der Waals surface area contributed by atoms with Crippen molar-refractivity contribution in [3.05, 3.63) is 33.8 Å². The molecule has 1 aliphatic heterocycles. The first-order valence-electron chi connectivity index (χ1n) is 6.10. The van der Waals surface area contributed by atoms with Crippen LogP contribution in [0.15, 0.2) is 18.2 Å². The van der Waals surface area contributed by atoms with Gasteiger partial charge in [-0.2, -0.15) is 0 Å². The van der Waals surface area contributed by atoms with Gasteiger partial charge in [-0.3, -0.25) is 9.59 Å². The molecule has 2 rings (SSSR count). The van der Waals surface area contributed by atoms with Crippen molar-refractivity contribution in [1.82, 2.24) is 4.90 Å². The van der Waals surface area contributed by atoms with Crippen molar-refractivity contribution in [2.24, 2.45) is 5.73 Å². The molecule has 2 amide bonds. The van der Waals surface area contributed by atoms with Gasteiger partial charge in [-0.25, -0.2) is 0 Å². The van der Waals surface area contributed by atoms with Crippen molar-refractivity contribution in [2.45, 2.75) is 18.4 Å². The molecule has 1 heterocycles. The van der Waals surface area contributed by atoms with E-state index in [1.165, 1.54) is 17.0 Å². The van der Waals surface area contributed by atoms with E-state index in [1.807, 2.05) is 0 Å². The summed E-state index contributed by atoms with van der Waals surface area (Å²) in [6.45, 7) is 0.343. The van der Waals surface area contributed by atoms with E-state index in [2.05, 4.69) is 0 Å². The van der Waals surface area contributed by atoms with Gasteiger partial charge in [0.05, 0.1) is 16.6 Å². The maximum Gasteiger partial charge on any atom is 0.254 e. The van der Waals surface area contributed by atoms with E-state index in [4.69, 9.17) is 28.9 Å². The fourth-order valence-electron chi connectivity index (χ4n) is 2.22. The Hall–Kier alpha value is -1.30. The summed E-state index contributed by atoms with van der Waals surface area (Å²) >= 11 is 11.7. The third-order valence-corrected chi connectivity index (χ3v) is 4.12. The topological polar surface area (TPSA) is 83.6 Å². The first-order valence-corrected chi connectivity index (χ1v) is 6.86. The van der Waals surface area contributed by atoms with Crippen LogP contribution >= 0.6 is 23.2 Å². The van der Waals surface area contributed by atoms with Crippen LogP contribution in [0.3, 0.4) is 0 Å². The molecule has 1 aromatic rings. The summed E-state index contributed by atoms with van der Waals surface area (Å²) in [4.78, 5) is 25.0. The lowest BCUT2D eigenvalue weighted by atomic mass is 9.92. The molecule has 108 valence electrons. The molecular formula is C13H14Cl2N2O3. The zero-order valence-corrected chi connectivity index (χ0v) is 12.1. The van der Waals surface area contributed by atoms with Gasteiger partial charge in [0.1, 0.15) is 0 Å². The molecule has 0 bridgehead atoms. The Morgan fingerprint density at radius 3 is 2.60 bits per heavy atom. The molecule has 3 N–H and O–H groups in total. The van der Waals surface area contributed by atoms with Gasteiger partial charge in [-0.15, -0.1) is 0 Å². The number of aliphatic hydroxyl groups is 1. The molecule has 0 radical (unpaired) electrons. The monoisotopic (exact) mass is 316 g/mol. The SMILES string of the molecule is NC(=O)[C@@]1(O)CCCN(C(=O)c2ccc(Cl)c(Cl)c2)C1. The second-order valence-corrected chi connectivity index (χ2v) is 5.67. The number of carbonyl (C=O) groups excluding carboxylic acids is 2. The molecule has 1 atom stereocenters. The number of nitrogens with zero attached hydrogens (tertiary/aromatic N) is 1. The lowest BCUT2D eigenvalue weighted by Gasteiger charge is -2.37. The summed E-state index contributed by atoms with van der Waals surface area (Å²) in [6.07, 6.45) is 0.764. The van der Waals surface area contributed by atoms with Gasteiger partial charge in [0.15, 0.2) is 5.60 Å². The van der Waals surface area contributed by atoms with E-state index in [1.54, 1.807) is 6.07 Å². The summed E-state index contributed by atoms with van der Waals surface area (Å²) in [7, 11) is 0. The lowest BCUT2D eigenvalue weighted by Crippen LogP contribution is -2.57. The van der Waals surface area contributed by atoms with Crippen molar-refractivity contribution < 1.29 is 14.7 Å². The number of amides is 2. The number of carbonyl (C=O) groups is 2.